The van der Waals surface area contributed by atoms with Crippen molar-refractivity contribution >= 4 is 29.2 Å². The molecule has 2 unspecified atom stereocenters. The van der Waals surface area contributed by atoms with E-state index in [9.17, 15) is 4.79 Å². The zero-order valence-corrected chi connectivity index (χ0v) is 19.6. The van der Waals surface area contributed by atoms with Crippen LogP contribution < -0.4 is 21.7 Å². The van der Waals surface area contributed by atoms with Crippen LogP contribution in [0.5, 0.6) is 0 Å². The molecule has 8 heteroatoms. The second-order valence-electron chi connectivity index (χ2n) is 9.03. The summed E-state index contributed by atoms with van der Waals surface area (Å²) in [6, 6.07) is 14.9. The van der Waals surface area contributed by atoms with E-state index in [1.165, 1.54) is 0 Å². The number of carbonyl (C=O) groups excluding carboxylic acids is 1. The van der Waals surface area contributed by atoms with E-state index in [1.54, 1.807) is 24.3 Å². The summed E-state index contributed by atoms with van der Waals surface area (Å²) in [5, 5.41) is 9.61. The number of allylic oxidation sites excluding steroid dienone is 4. The molecule has 0 radical (unpaired) electrons. The monoisotopic (exact) mass is 467 g/mol. The van der Waals surface area contributed by atoms with Gasteiger partial charge in [-0.15, -0.1) is 0 Å². The molecule has 5 rings (SSSR count). The minimum Gasteiger partial charge on any atom is -0.397 e. The van der Waals surface area contributed by atoms with Gasteiger partial charge in [0.1, 0.15) is 5.82 Å². The van der Waals surface area contributed by atoms with Gasteiger partial charge in [-0.3, -0.25) is 4.79 Å². The Morgan fingerprint density at radius 3 is 2.34 bits per heavy atom. The maximum absolute atomic E-state index is 12.5. The molecule has 2 aliphatic rings. The van der Waals surface area contributed by atoms with E-state index in [4.69, 9.17) is 5.73 Å². The first-order chi connectivity index (χ1) is 17.0. The van der Waals surface area contributed by atoms with Gasteiger partial charge in [0, 0.05) is 18.2 Å². The lowest BCUT2D eigenvalue weighted by Gasteiger charge is -2.14. The van der Waals surface area contributed by atoms with E-state index in [-0.39, 0.29) is 5.91 Å². The fourth-order valence-corrected chi connectivity index (χ4v) is 4.65. The summed E-state index contributed by atoms with van der Waals surface area (Å²) in [6.07, 6.45) is 11.0. The standard InChI is InChI=1S/C27H29N7O/c1-17-30-26(34-27(31-17)32-22-14-20-6-2-3-7-21(20)15-22)29-16-18-10-12-19(13-11-18)25(35)33-24-9-5-4-8-23(24)28/h2-13,20-22H,14-16,28H2,1H3,(H,33,35)(H2,29,30,31,32,34)/t20-,21?,22?/m0/s1. The van der Waals surface area contributed by atoms with Gasteiger partial charge >= 0.3 is 0 Å². The number of hydrogen-bond acceptors (Lipinski definition) is 7. The number of benzene rings is 2. The van der Waals surface area contributed by atoms with Crippen LogP contribution >= 0.6 is 0 Å². The van der Waals surface area contributed by atoms with Crippen LogP contribution in [-0.2, 0) is 6.54 Å². The fourth-order valence-electron chi connectivity index (χ4n) is 4.65. The van der Waals surface area contributed by atoms with Crippen LogP contribution in [0.3, 0.4) is 0 Å². The van der Waals surface area contributed by atoms with E-state index in [2.05, 4.69) is 55.2 Å². The van der Waals surface area contributed by atoms with Crippen molar-refractivity contribution in [2.75, 3.05) is 21.7 Å². The van der Waals surface area contributed by atoms with Crippen LogP contribution in [0.2, 0.25) is 0 Å². The number of nitrogens with one attached hydrogen (secondary N) is 3. The molecule has 0 saturated heterocycles. The third-order valence-corrected chi connectivity index (χ3v) is 6.45. The Morgan fingerprint density at radius 1 is 0.943 bits per heavy atom. The molecule has 1 saturated carbocycles. The number of anilines is 4. The van der Waals surface area contributed by atoms with Gasteiger partial charge in [-0.2, -0.15) is 15.0 Å². The molecule has 35 heavy (non-hydrogen) atoms. The summed E-state index contributed by atoms with van der Waals surface area (Å²) < 4.78 is 0. The normalized spacial score (nSPS) is 20.3. The average molecular weight is 468 g/mol. The first kappa shape index (κ1) is 22.6. The summed E-state index contributed by atoms with van der Waals surface area (Å²) in [4.78, 5) is 26.0. The first-order valence-electron chi connectivity index (χ1n) is 11.9. The zero-order chi connectivity index (χ0) is 24.2. The number of nitrogen functional groups attached to an aromatic ring is 1. The highest BCUT2D eigenvalue weighted by molar-refractivity contribution is 6.05. The predicted octanol–water partition coefficient (Wildman–Crippen LogP) is 4.56. The summed E-state index contributed by atoms with van der Waals surface area (Å²) in [6.45, 7) is 2.39. The van der Waals surface area contributed by atoms with Gasteiger partial charge in [0.05, 0.1) is 11.4 Å². The van der Waals surface area contributed by atoms with E-state index in [0.717, 1.165) is 18.4 Å². The fraction of sp³-hybridized carbons (Fsp3) is 0.259. The van der Waals surface area contributed by atoms with Crippen molar-refractivity contribution in [2.45, 2.75) is 32.4 Å². The number of carbonyl (C=O) groups is 1. The van der Waals surface area contributed by atoms with Gasteiger partial charge in [-0.25, -0.2) is 0 Å². The molecular formula is C27H29N7O. The highest BCUT2D eigenvalue weighted by Gasteiger charge is 2.32. The number of nitrogens with two attached hydrogens (primary N) is 1. The molecule has 8 nitrogen and oxygen atoms in total. The number of hydrogen-bond donors (Lipinski definition) is 4. The highest BCUT2D eigenvalue weighted by atomic mass is 16.1. The van der Waals surface area contributed by atoms with Gasteiger partial charge in [0.2, 0.25) is 11.9 Å². The molecule has 3 atom stereocenters. The minimum absolute atomic E-state index is 0.205. The molecule has 1 amide bonds. The Labute approximate surface area is 204 Å². The Morgan fingerprint density at radius 2 is 1.63 bits per heavy atom. The molecular weight excluding hydrogens is 438 g/mol. The lowest BCUT2D eigenvalue weighted by Crippen LogP contribution is -2.19. The van der Waals surface area contributed by atoms with E-state index in [0.29, 0.717) is 59.1 Å². The molecule has 0 bridgehead atoms. The smallest absolute Gasteiger partial charge is 0.255 e. The molecule has 1 fully saturated rings. The van der Waals surface area contributed by atoms with Crippen LogP contribution in [0.15, 0.2) is 72.8 Å². The van der Waals surface area contributed by atoms with E-state index >= 15 is 0 Å². The largest absolute Gasteiger partial charge is 0.397 e. The molecule has 0 aliphatic heterocycles. The number of rotatable bonds is 7. The van der Waals surface area contributed by atoms with E-state index in [1.807, 2.05) is 31.2 Å². The highest BCUT2D eigenvalue weighted by Crippen LogP contribution is 2.37. The maximum Gasteiger partial charge on any atom is 0.255 e. The van der Waals surface area contributed by atoms with Crippen molar-refractivity contribution < 1.29 is 4.79 Å². The maximum atomic E-state index is 12.5. The summed E-state index contributed by atoms with van der Waals surface area (Å²) in [7, 11) is 0. The zero-order valence-electron chi connectivity index (χ0n) is 19.6. The van der Waals surface area contributed by atoms with Crippen molar-refractivity contribution in [3.05, 3.63) is 89.8 Å². The number of para-hydroxylation sites is 2. The second kappa shape index (κ2) is 9.97. The Balaban J connectivity index is 1.18. The predicted molar refractivity (Wildman–Crippen MR) is 139 cm³/mol. The third-order valence-electron chi connectivity index (χ3n) is 6.45. The van der Waals surface area contributed by atoms with Crippen LogP contribution in [0.1, 0.15) is 34.6 Å². The molecule has 2 aliphatic carbocycles. The summed E-state index contributed by atoms with van der Waals surface area (Å²) >= 11 is 0. The van der Waals surface area contributed by atoms with Gasteiger partial charge < -0.3 is 21.7 Å². The summed E-state index contributed by atoms with van der Waals surface area (Å²) in [5.41, 5.74) is 8.60. The third kappa shape index (κ3) is 5.48. The lowest BCUT2D eigenvalue weighted by molar-refractivity contribution is 0.102. The molecule has 1 heterocycles. The van der Waals surface area contributed by atoms with Crippen molar-refractivity contribution in [1.29, 1.82) is 0 Å². The topological polar surface area (TPSA) is 118 Å². The van der Waals surface area contributed by atoms with Crippen LogP contribution in [0, 0.1) is 18.8 Å². The van der Waals surface area contributed by atoms with Crippen molar-refractivity contribution in [3.63, 3.8) is 0 Å². The number of amides is 1. The molecule has 0 spiro atoms. The SMILES string of the molecule is Cc1nc(NCc2ccc(C(=O)Nc3ccccc3N)cc2)nc(NC2CC3C=CC=C[C@H]3C2)n1. The Bertz CT molecular complexity index is 1250. The molecule has 2 aromatic carbocycles. The van der Waals surface area contributed by atoms with Gasteiger partial charge in [0.25, 0.3) is 5.91 Å². The number of fused-ring (bicyclic) bond motifs is 1. The van der Waals surface area contributed by atoms with Gasteiger partial charge in [0.15, 0.2) is 0 Å². The number of aryl methyl sites for hydroxylation is 1. The number of nitrogens with zero attached hydrogens (tertiary/aromatic N) is 3. The first-order valence-corrected chi connectivity index (χ1v) is 11.9. The Hall–Kier alpha value is -4.20. The van der Waals surface area contributed by atoms with Crippen molar-refractivity contribution in [1.82, 2.24) is 15.0 Å². The van der Waals surface area contributed by atoms with Gasteiger partial charge in [-0.1, -0.05) is 48.6 Å². The molecule has 5 N–H and O–H groups in total. The van der Waals surface area contributed by atoms with Crippen LogP contribution in [0.25, 0.3) is 0 Å². The molecule has 1 aromatic heterocycles. The lowest BCUT2D eigenvalue weighted by atomic mass is 9.92. The van der Waals surface area contributed by atoms with E-state index < -0.39 is 0 Å². The quantitative estimate of drug-likeness (QED) is 0.376. The number of aromatic nitrogens is 3. The Kier molecular flexibility index (Phi) is 6.43. The van der Waals surface area contributed by atoms with Crippen molar-refractivity contribution in [2.24, 2.45) is 11.8 Å². The molecule has 3 aromatic rings. The van der Waals surface area contributed by atoms with Gasteiger partial charge in [-0.05, 0) is 61.4 Å². The minimum atomic E-state index is -0.205. The second-order valence-corrected chi connectivity index (χ2v) is 9.03. The van der Waals surface area contributed by atoms with Crippen LogP contribution in [-0.4, -0.2) is 26.9 Å². The van der Waals surface area contributed by atoms with Crippen molar-refractivity contribution in [3.8, 4) is 0 Å². The average Bonchev–Trinajstić information content (AvgIpc) is 3.26. The molecule has 178 valence electrons. The van der Waals surface area contributed by atoms with Crippen LogP contribution in [0.4, 0.5) is 23.3 Å². The summed E-state index contributed by atoms with van der Waals surface area (Å²) in [5.74, 6) is 2.76.